The van der Waals surface area contributed by atoms with Crippen LogP contribution in [0.1, 0.15) is 38.3 Å². The first kappa shape index (κ1) is 24.3. The molecule has 0 spiro atoms. The van der Waals surface area contributed by atoms with E-state index in [1.807, 2.05) is 39.0 Å². The SMILES string of the molecule is CC(=O)N1CCc2cc(S(=O)(=O)N[C@H](CC(C)C)C(=O)Nc3nc4ccc(C)cc4s3)ccc21. The third-order valence-electron chi connectivity index (χ3n) is 5.73. The van der Waals surface area contributed by atoms with Crippen molar-refractivity contribution in [3.63, 3.8) is 0 Å². The second-order valence-electron chi connectivity index (χ2n) is 8.99. The molecule has 4 rings (SSSR count). The zero-order valence-electron chi connectivity index (χ0n) is 19.6. The standard InChI is InChI=1S/C24H28N4O4S2/c1-14(2)11-20(23(30)26-24-25-19-7-5-15(3)12-22(19)33-24)27-34(31,32)18-6-8-21-17(13-18)9-10-28(21)16(4)29/h5-8,12-14,20,27H,9-11H2,1-4H3,(H,25,26,30)/t20-/m1/s1. The molecule has 10 heteroatoms. The zero-order chi connectivity index (χ0) is 24.6. The highest BCUT2D eigenvalue weighted by molar-refractivity contribution is 7.89. The molecule has 2 amide bonds. The van der Waals surface area contributed by atoms with Crippen LogP contribution in [0.2, 0.25) is 0 Å². The number of hydrogen-bond acceptors (Lipinski definition) is 6. The van der Waals surface area contributed by atoms with Gasteiger partial charge in [-0.2, -0.15) is 4.72 Å². The molecule has 3 aromatic rings. The smallest absolute Gasteiger partial charge is 0.244 e. The van der Waals surface area contributed by atoms with Gasteiger partial charge < -0.3 is 10.2 Å². The predicted molar refractivity (Wildman–Crippen MR) is 135 cm³/mol. The predicted octanol–water partition coefficient (Wildman–Crippen LogP) is 3.85. The van der Waals surface area contributed by atoms with Gasteiger partial charge in [-0.15, -0.1) is 0 Å². The van der Waals surface area contributed by atoms with E-state index in [4.69, 9.17) is 0 Å². The van der Waals surface area contributed by atoms with Gasteiger partial charge >= 0.3 is 0 Å². The fourth-order valence-corrected chi connectivity index (χ4v) is 6.31. The maximum Gasteiger partial charge on any atom is 0.244 e. The van der Waals surface area contributed by atoms with Gasteiger partial charge in [0, 0.05) is 19.2 Å². The van der Waals surface area contributed by atoms with Gasteiger partial charge in [-0.05, 0) is 67.1 Å². The number of thiazole rings is 1. The van der Waals surface area contributed by atoms with Crippen LogP contribution in [0.5, 0.6) is 0 Å². The van der Waals surface area contributed by atoms with E-state index in [2.05, 4.69) is 15.0 Å². The molecule has 0 aliphatic carbocycles. The van der Waals surface area contributed by atoms with E-state index in [1.54, 1.807) is 17.0 Å². The molecule has 180 valence electrons. The Morgan fingerprint density at radius 1 is 1.18 bits per heavy atom. The summed E-state index contributed by atoms with van der Waals surface area (Å²) in [6.07, 6.45) is 0.920. The van der Waals surface area contributed by atoms with E-state index in [0.29, 0.717) is 24.5 Å². The Morgan fingerprint density at radius 2 is 1.94 bits per heavy atom. The highest BCUT2D eigenvalue weighted by Gasteiger charge is 2.29. The summed E-state index contributed by atoms with van der Waals surface area (Å²) in [5.74, 6) is -0.441. The Morgan fingerprint density at radius 3 is 2.65 bits per heavy atom. The lowest BCUT2D eigenvalue weighted by atomic mass is 10.0. The largest absolute Gasteiger partial charge is 0.312 e. The lowest BCUT2D eigenvalue weighted by Crippen LogP contribution is -2.44. The molecular formula is C24H28N4O4S2. The molecule has 2 heterocycles. The van der Waals surface area contributed by atoms with Crippen LogP contribution in [0.4, 0.5) is 10.8 Å². The summed E-state index contributed by atoms with van der Waals surface area (Å²) < 4.78 is 29.9. The first-order valence-corrected chi connectivity index (χ1v) is 13.4. The molecule has 8 nitrogen and oxygen atoms in total. The Hall–Kier alpha value is -2.82. The van der Waals surface area contributed by atoms with E-state index in [9.17, 15) is 18.0 Å². The molecule has 0 bridgehead atoms. The third kappa shape index (κ3) is 5.13. The van der Waals surface area contributed by atoms with Crippen molar-refractivity contribution in [2.75, 3.05) is 16.8 Å². The Labute approximate surface area is 203 Å². The summed E-state index contributed by atoms with van der Waals surface area (Å²) in [5.41, 5.74) is 3.41. The second-order valence-corrected chi connectivity index (χ2v) is 11.7. The van der Waals surface area contributed by atoms with Crippen LogP contribution < -0.4 is 14.9 Å². The van der Waals surface area contributed by atoms with Crippen molar-refractivity contribution in [2.45, 2.75) is 51.5 Å². The maximum absolute atomic E-state index is 13.2. The molecule has 0 radical (unpaired) electrons. The number of sulfonamides is 1. The van der Waals surface area contributed by atoms with Crippen molar-refractivity contribution in [1.29, 1.82) is 0 Å². The summed E-state index contributed by atoms with van der Waals surface area (Å²) in [6.45, 7) is 7.87. The molecule has 0 saturated heterocycles. The monoisotopic (exact) mass is 500 g/mol. The van der Waals surface area contributed by atoms with Crippen molar-refractivity contribution in [1.82, 2.24) is 9.71 Å². The van der Waals surface area contributed by atoms with Crippen molar-refractivity contribution in [3.05, 3.63) is 47.5 Å². The molecule has 1 atom stereocenters. The molecule has 0 saturated carbocycles. The minimum atomic E-state index is -3.96. The van der Waals surface area contributed by atoms with Crippen LogP contribution in [0.15, 0.2) is 41.3 Å². The fourth-order valence-electron chi connectivity index (χ4n) is 4.09. The lowest BCUT2D eigenvalue weighted by molar-refractivity contribution is -0.118. The first-order chi connectivity index (χ1) is 16.0. The van der Waals surface area contributed by atoms with E-state index >= 15 is 0 Å². The molecule has 1 aromatic heterocycles. The number of aryl methyl sites for hydroxylation is 1. The van der Waals surface area contributed by atoms with Gasteiger partial charge in [-0.1, -0.05) is 31.3 Å². The number of benzene rings is 2. The number of aromatic nitrogens is 1. The number of carbonyl (C=O) groups is 2. The number of nitrogens with one attached hydrogen (secondary N) is 2. The van der Waals surface area contributed by atoms with Crippen LogP contribution in [-0.2, 0) is 26.0 Å². The van der Waals surface area contributed by atoms with Gasteiger partial charge in [-0.25, -0.2) is 13.4 Å². The average molecular weight is 501 g/mol. The van der Waals surface area contributed by atoms with Gasteiger partial charge in [0.1, 0.15) is 6.04 Å². The van der Waals surface area contributed by atoms with Gasteiger partial charge in [0.15, 0.2) is 5.13 Å². The number of nitrogens with zero attached hydrogens (tertiary/aromatic N) is 2. The Kier molecular flexibility index (Phi) is 6.75. The summed E-state index contributed by atoms with van der Waals surface area (Å²) in [5, 5.41) is 3.22. The first-order valence-electron chi connectivity index (χ1n) is 11.1. The molecule has 2 N–H and O–H groups in total. The molecule has 0 unspecified atom stereocenters. The van der Waals surface area contributed by atoms with Crippen molar-refractivity contribution < 1.29 is 18.0 Å². The summed E-state index contributed by atoms with van der Waals surface area (Å²) in [7, 11) is -3.96. The van der Waals surface area contributed by atoms with Gasteiger partial charge in [-0.3, -0.25) is 9.59 Å². The van der Waals surface area contributed by atoms with Crippen LogP contribution in [0.3, 0.4) is 0 Å². The summed E-state index contributed by atoms with van der Waals surface area (Å²) >= 11 is 1.35. The van der Waals surface area contributed by atoms with Gasteiger partial charge in [0.05, 0.1) is 15.1 Å². The minimum Gasteiger partial charge on any atom is -0.312 e. The second kappa shape index (κ2) is 9.44. The van der Waals surface area contributed by atoms with Gasteiger partial charge in [0.2, 0.25) is 21.8 Å². The highest BCUT2D eigenvalue weighted by atomic mass is 32.2. The Bertz CT molecular complexity index is 1360. The number of amides is 2. The Balaban J connectivity index is 1.55. The van der Waals surface area contributed by atoms with Gasteiger partial charge in [0.25, 0.3) is 0 Å². The lowest BCUT2D eigenvalue weighted by Gasteiger charge is -2.20. The number of anilines is 2. The topological polar surface area (TPSA) is 108 Å². The van der Waals surface area contributed by atoms with Crippen LogP contribution in [-0.4, -0.2) is 37.8 Å². The summed E-state index contributed by atoms with van der Waals surface area (Å²) in [4.78, 5) is 31.0. The number of fused-ring (bicyclic) bond motifs is 2. The molecule has 2 aromatic carbocycles. The fraction of sp³-hybridized carbons (Fsp3) is 0.375. The number of carbonyl (C=O) groups excluding carboxylic acids is 2. The van der Waals surface area contributed by atoms with Crippen molar-refractivity contribution in [2.24, 2.45) is 5.92 Å². The quantitative estimate of drug-likeness (QED) is 0.512. The minimum absolute atomic E-state index is 0.0775. The maximum atomic E-state index is 13.2. The van der Waals surface area contributed by atoms with Crippen molar-refractivity contribution >= 4 is 54.2 Å². The number of rotatable bonds is 7. The molecule has 0 fully saturated rings. The van der Waals surface area contributed by atoms with E-state index in [0.717, 1.165) is 27.0 Å². The molecule has 1 aliphatic heterocycles. The van der Waals surface area contributed by atoms with Crippen LogP contribution in [0, 0.1) is 12.8 Å². The zero-order valence-corrected chi connectivity index (χ0v) is 21.2. The average Bonchev–Trinajstić information content (AvgIpc) is 3.35. The summed E-state index contributed by atoms with van der Waals surface area (Å²) in [6, 6.07) is 9.60. The number of hydrogen-bond donors (Lipinski definition) is 2. The van der Waals surface area contributed by atoms with Crippen LogP contribution in [0.25, 0.3) is 10.2 Å². The molecule has 34 heavy (non-hydrogen) atoms. The van der Waals surface area contributed by atoms with E-state index in [-0.39, 0.29) is 16.7 Å². The normalized spacial score (nSPS) is 14.4. The van der Waals surface area contributed by atoms with Crippen molar-refractivity contribution in [3.8, 4) is 0 Å². The molecule has 1 aliphatic rings. The van der Waals surface area contributed by atoms with E-state index in [1.165, 1.54) is 24.3 Å². The molecular weight excluding hydrogens is 472 g/mol. The highest BCUT2D eigenvalue weighted by Crippen LogP contribution is 2.31. The third-order valence-corrected chi connectivity index (χ3v) is 8.13. The van der Waals surface area contributed by atoms with Crippen LogP contribution >= 0.6 is 11.3 Å². The van der Waals surface area contributed by atoms with E-state index < -0.39 is 22.0 Å².